The first-order valence-corrected chi connectivity index (χ1v) is 8.13. The molecule has 1 aromatic heterocycles. The molecule has 0 aliphatic carbocycles. The maximum absolute atomic E-state index is 12.5. The number of rotatable bonds is 4. The number of ether oxygens (including phenoxy) is 2. The second-order valence-electron chi connectivity index (χ2n) is 5.66. The number of para-hydroxylation sites is 3. The summed E-state index contributed by atoms with van der Waals surface area (Å²) in [6, 6.07) is 18.4. The average Bonchev–Trinajstić information content (AvgIpc) is 3.09. The Kier molecular flexibility index (Phi) is 4.08. The number of nitrogens with one attached hydrogen (secondary N) is 1. The second-order valence-corrected chi connectivity index (χ2v) is 5.66. The molecule has 1 aliphatic heterocycles. The van der Waals surface area contributed by atoms with E-state index < -0.39 is 0 Å². The highest BCUT2D eigenvalue weighted by molar-refractivity contribution is 6.03. The van der Waals surface area contributed by atoms with E-state index in [4.69, 9.17) is 9.47 Å². The van der Waals surface area contributed by atoms with E-state index in [1.807, 2.05) is 48.5 Å². The Morgan fingerprint density at radius 1 is 1.12 bits per heavy atom. The number of hydrogen-bond acceptors (Lipinski definition) is 4. The monoisotopic (exact) mass is 335 g/mol. The van der Waals surface area contributed by atoms with Gasteiger partial charge in [0.2, 0.25) is 5.88 Å². The molecule has 126 valence electrons. The van der Waals surface area contributed by atoms with E-state index in [-0.39, 0.29) is 5.91 Å². The van der Waals surface area contributed by atoms with Crippen molar-refractivity contribution in [2.45, 2.75) is 13.0 Å². The van der Waals surface area contributed by atoms with Gasteiger partial charge in [-0.15, -0.1) is 0 Å². The molecule has 1 amide bonds. The van der Waals surface area contributed by atoms with Crippen LogP contribution in [0.4, 0.5) is 5.69 Å². The van der Waals surface area contributed by atoms with Gasteiger partial charge in [0.25, 0.3) is 5.91 Å². The van der Waals surface area contributed by atoms with Crippen LogP contribution in [0, 0.1) is 0 Å². The van der Waals surface area contributed by atoms with Crippen LogP contribution in [0.25, 0.3) is 0 Å². The van der Waals surface area contributed by atoms with Gasteiger partial charge in [-0.2, -0.15) is 5.10 Å². The Labute approximate surface area is 145 Å². The molecule has 1 aliphatic rings. The first-order chi connectivity index (χ1) is 12.3. The van der Waals surface area contributed by atoms with E-state index in [9.17, 15) is 4.79 Å². The van der Waals surface area contributed by atoms with E-state index in [2.05, 4.69) is 10.4 Å². The molecule has 3 aromatic rings. The zero-order valence-electron chi connectivity index (χ0n) is 13.5. The summed E-state index contributed by atoms with van der Waals surface area (Å²) in [5.74, 6) is 1.61. The predicted octanol–water partition coefficient (Wildman–Crippen LogP) is 3.71. The molecule has 0 spiro atoms. The van der Waals surface area contributed by atoms with Crippen molar-refractivity contribution in [3.05, 3.63) is 66.4 Å². The standard InChI is InChI=1S/C19H17N3O3/c23-19(16-13-18-22(21-16)11-6-12-24-18)20-15-9-4-5-10-17(15)25-14-7-2-1-3-8-14/h1-5,7-10,13H,6,11-12H2,(H,20,23). The highest BCUT2D eigenvalue weighted by Gasteiger charge is 2.19. The van der Waals surface area contributed by atoms with E-state index in [0.29, 0.717) is 35.4 Å². The van der Waals surface area contributed by atoms with Gasteiger partial charge < -0.3 is 14.8 Å². The highest BCUT2D eigenvalue weighted by Crippen LogP contribution is 2.29. The van der Waals surface area contributed by atoms with Gasteiger partial charge in [-0.05, 0) is 24.3 Å². The summed E-state index contributed by atoms with van der Waals surface area (Å²) in [6.45, 7) is 1.41. The third-order valence-electron chi connectivity index (χ3n) is 3.85. The van der Waals surface area contributed by atoms with Crippen molar-refractivity contribution in [3.8, 4) is 17.4 Å². The summed E-state index contributed by atoms with van der Waals surface area (Å²) in [5, 5.41) is 7.16. The predicted molar refractivity (Wildman–Crippen MR) is 93.3 cm³/mol. The SMILES string of the molecule is O=C(Nc1ccccc1Oc1ccccc1)c1cc2n(n1)CCCO2. The Bertz CT molecular complexity index is 866. The number of fused-ring (bicyclic) bond motifs is 1. The molecule has 0 fully saturated rings. The van der Waals surface area contributed by atoms with Gasteiger partial charge in [-0.25, -0.2) is 4.68 Å². The molecule has 0 saturated carbocycles. The Morgan fingerprint density at radius 2 is 1.92 bits per heavy atom. The number of nitrogens with zero attached hydrogens (tertiary/aromatic N) is 2. The lowest BCUT2D eigenvalue weighted by Crippen LogP contribution is -2.16. The molecule has 2 aromatic carbocycles. The fraction of sp³-hybridized carbons (Fsp3) is 0.158. The molecule has 0 bridgehead atoms. The molecule has 1 N–H and O–H groups in total. The van der Waals surface area contributed by atoms with Crippen LogP contribution in [0.15, 0.2) is 60.7 Å². The topological polar surface area (TPSA) is 65.4 Å². The molecule has 0 radical (unpaired) electrons. The minimum Gasteiger partial charge on any atom is -0.478 e. The Morgan fingerprint density at radius 3 is 2.76 bits per heavy atom. The Balaban J connectivity index is 1.54. The summed E-state index contributed by atoms with van der Waals surface area (Å²) < 4.78 is 13.1. The average molecular weight is 335 g/mol. The maximum atomic E-state index is 12.5. The lowest BCUT2D eigenvalue weighted by molar-refractivity contribution is 0.102. The molecule has 6 heteroatoms. The smallest absolute Gasteiger partial charge is 0.276 e. The number of hydrogen-bond donors (Lipinski definition) is 1. The summed E-state index contributed by atoms with van der Waals surface area (Å²) in [7, 11) is 0. The molecule has 0 unspecified atom stereocenters. The van der Waals surface area contributed by atoms with Crippen LogP contribution in [0.5, 0.6) is 17.4 Å². The van der Waals surface area contributed by atoms with Crippen molar-refractivity contribution in [1.82, 2.24) is 9.78 Å². The van der Waals surface area contributed by atoms with E-state index in [1.54, 1.807) is 16.8 Å². The lowest BCUT2D eigenvalue weighted by Gasteiger charge is -2.13. The summed E-state index contributed by atoms with van der Waals surface area (Å²) in [5.41, 5.74) is 0.912. The molecule has 4 rings (SSSR count). The minimum absolute atomic E-state index is 0.297. The number of amides is 1. The molecular weight excluding hydrogens is 318 g/mol. The van der Waals surface area contributed by atoms with Crippen molar-refractivity contribution in [1.29, 1.82) is 0 Å². The third-order valence-corrected chi connectivity index (χ3v) is 3.85. The van der Waals surface area contributed by atoms with E-state index in [0.717, 1.165) is 13.0 Å². The number of aryl methyl sites for hydroxylation is 1. The zero-order valence-corrected chi connectivity index (χ0v) is 13.5. The van der Waals surface area contributed by atoms with Crippen LogP contribution in [-0.2, 0) is 6.54 Å². The first-order valence-electron chi connectivity index (χ1n) is 8.13. The summed E-state index contributed by atoms with van der Waals surface area (Å²) >= 11 is 0. The second kappa shape index (κ2) is 6.68. The summed E-state index contributed by atoms with van der Waals surface area (Å²) in [4.78, 5) is 12.5. The number of anilines is 1. The molecule has 2 heterocycles. The first kappa shape index (κ1) is 15.3. The van der Waals surface area contributed by atoms with Crippen LogP contribution in [0.2, 0.25) is 0 Å². The Hall–Kier alpha value is -3.28. The van der Waals surface area contributed by atoms with Gasteiger partial charge in [0.05, 0.1) is 12.3 Å². The summed E-state index contributed by atoms with van der Waals surface area (Å²) in [6.07, 6.45) is 0.892. The van der Waals surface area contributed by atoms with Crippen LogP contribution >= 0.6 is 0 Å². The van der Waals surface area contributed by atoms with Crippen LogP contribution in [-0.4, -0.2) is 22.3 Å². The largest absolute Gasteiger partial charge is 0.478 e. The molecule has 25 heavy (non-hydrogen) atoms. The van der Waals surface area contributed by atoms with Crippen LogP contribution in [0.3, 0.4) is 0 Å². The fourth-order valence-electron chi connectivity index (χ4n) is 2.64. The van der Waals surface area contributed by atoms with Crippen molar-refractivity contribution >= 4 is 11.6 Å². The number of benzene rings is 2. The molecule has 0 saturated heterocycles. The van der Waals surface area contributed by atoms with Crippen molar-refractivity contribution in [2.24, 2.45) is 0 Å². The van der Waals surface area contributed by atoms with Crippen molar-refractivity contribution < 1.29 is 14.3 Å². The fourth-order valence-corrected chi connectivity index (χ4v) is 2.64. The van der Waals surface area contributed by atoms with Gasteiger partial charge in [-0.3, -0.25) is 4.79 Å². The molecule has 6 nitrogen and oxygen atoms in total. The van der Waals surface area contributed by atoms with E-state index >= 15 is 0 Å². The molecular formula is C19H17N3O3. The third kappa shape index (κ3) is 3.33. The zero-order chi connectivity index (χ0) is 17.1. The number of carbonyl (C=O) groups excluding carboxylic acids is 1. The van der Waals surface area contributed by atoms with Crippen molar-refractivity contribution in [2.75, 3.05) is 11.9 Å². The van der Waals surface area contributed by atoms with E-state index in [1.165, 1.54) is 0 Å². The van der Waals surface area contributed by atoms with Gasteiger partial charge in [-0.1, -0.05) is 30.3 Å². The number of aromatic nitrogens is 2. The normalized spacial score (nSPS) is 12.8. The van der Waals surface area contributed by atoms with Gasteiger partial charge >= 0.3 is 0 Å². The van der Waals surface area contributed by atoms with Crippen LogP contribution < -0.4 is 14.8 Å². The van der Waals surface area contributed by atoms with Gasteiger partial charge in [0, 0.05) is 19.0 Å². The number of carbonyl (C=O) groups is 1. The van der Waals surface area contributed by atoms with Crippen LogP contribution in [0.1, 0.15) is 16.9 Å². The minimum atomic E-state index is -0.297. The molecule has 0 atom stereocenters. The van der Waals surface area contributed by atoms with Gasteiger partial charge in [0.15, 0.2) is 11.4 Å². The maximum Gasteiger partial charge on any atom is 0.276 e. The van der Waals surface area contributed by atoms with Gasteiger partial charge in [0.1, 0.15) is 5.75 Å². The van der Waals surface area contributed by atoms with Crippen molar-refractivity contribution in [3.63, 3.8) is 0 Å². The quantitative estimate of drug-likeness (QED) is 0.789. The lowest BCUT2D eigenvalue weighted by atomic mass is 10.2. The highest BCUT2D eigenvalue weighted by atomic mass is 16.5.